The molecule has 0 heterocycles. The van der Waals surface area contributed by atoms with Gasteiger partial charge in [-0.25, -0.2) is 4.99 Å². The van der Waals surface area contributed by atoms with E-state index in [0.29, 0.717) is 0 Å². The van der Waals surface area contributed by atoms with Crippen LogP contribution in [-0.2, 0) is 6.42 Å². The van der Waals surface area contributed by atoms with E-state index in [1.54, 1.807) is 0 Å². The maximum absolute atomic E-state index is 4.39. The summed E-state index contributed by atoms with van der Waals surface area (Å²) in [5.74, 6) is 0.757. The zero-order valence-electron chi connectivity index (χ0n) is 9.53. The van der Waals surface area contributed by atoms with Gasteiger partial charge in [0.05, 0.1) is 0 Å². The van der Waals surface area contributed by atoms with Crippen LogP contribution in [0.2, 0.25) is 0 Å². The molecule has 0 radical (unpaired) electrons. The third-order valence-corrected chi connectivity index (χ3v) is 2.23. The molecule has 15 heavy (non-hydrogen) atoms. The molecule has 0 fully saturated rings. The normalized spacial score (nSPS) is 11.5. The van der Waals surface area contributed by atoms with Gasteiger partial charge < -0.3 is 0 Å². The summed E-state index contributed by atoms with van der Waals surface area (Å²) in [7, 11) is 0. The Bertz CT molecular complexity index is 353. The van der Waals surface area contributed by atoms with E-state index in [1.807, 2.05) is 12.1 Å². The van der Waals surface area contributed by atoms with Crippen molar-refractivity contribution < 1.29 is 0 Å². The zero-order chi connectivity index (χ0) is 11.1. The van der Waals surface area contributed by atoms with E-state index in [9.17, 15) is 0 Å². The predicted molar refractivity (Wildman–Crippen MR) is 67.1 cm³/mol. The van der Waals surface area contributed by atoms with Crippen molar-refractivity contribution in [2.75, 3.05) is 6.54 Å². The summed E-state index contributed by atoms with van der Waals surface area (Å²) in [4.78, 5) is 8.37. The highest BCUT2D eigenvalue weighted by Gasteiger charge is 2.00. The van der Waals surface area contributed by atoms with Gasteiger partial charge in [0, 0.05) is 12.1 Å². The number of hydrogen-bond acceptors (Lipinski definition) is 1. The van der Waals surface area contributed by atoms with Crippen LogP contribution >= 0.6 is 0 Å². The molecular formula is C13H18N2. The summed E-state index contributed by atoms with van der Waals surface area (Å²) in [6, 6.07) is 8.32. The Hall–Kier alpha value is -1.44. The maximum atomic E-state index is 4.39. The van der Waals surface area contributed by atoms with Gasteiger partial charge >= 0.3 is 0 Å². The van der Waals surface area contributed by atoms with Crippen molar-refractivity contribution in [3.05, 3.63) is 35.4 Å². The fourth-order valence-electron chi connectivity index (χ4n) is 1.38. The number of nitrogens with zero attached hydrogens (tertiary/aromatic N) is 2. The van der Waals surface area contributed by atoms with Gasteiger partial charge in [-0.2, -0.15) is 0 Å². The van der Waals surface area contributed by atoms with Crippen molar-refractivity contribution in [2.45, 2.75) is 26.7 Å². The van der Waals surface area contributed by atoms with Crippen molar-refractivity contribution in [3.8, 4) is 0 Å². The van der Waals surface area contributed by atoms with Crippen LogP contribution in [0.15, 0.2) is 34.3 Å². The van der Waals surface area contributed by atoms with Crippen molar-refractivity contribution in [2.24, 2.45) is 9.98 Å². The van der Waals surface area contributed by atoms with E-state index in [0.717, 1.165) is 30.8 Å². The van der Waals surface area contributed by atoms with Crippen LogP contribution in [0.25, 0.3) is 0 Å². The minimum atomic E-state index is 0.757. The van der Waals surface area contributed by atoms with Crippen molar-refractivity contribution >= 4 is 12.6 Å². The summed E-state index contributed by atoms with van der Waals surface area (Å²) in [5, 5.41) is 0. The molecule has 1 aromatic carbocycles. The molecule has 2 nitrogen and oxygen atoms in total. The molecular weight excluding hydrogens is 184 g/mol. The van der Waals surface area contributed by atoms with E-state index < -0.39 is 0 Å². The number of benzene rings is 1. The topological polar surface area (TPSA) is 24.7 Å². The lowest BCUT2D eigenvalue weighted by Gasteiger charge is -2.03. The molecule has 0 unspecified atom stereocenters. The second kappa shape index (κ2) is 6.12. The van der Waals surface area contributed by atoms with Gasteiger partial charge in [0.1, 0.15) is 0 Å². The molecule has 2 heteroatoms. The summed E-state index contributed by atoms with van der Waals surface area (Å²) in [6.07, 6.45) is 2.07. The molecule has 0 atom stereocenters. The second-order valence-electron chi connectivity index (χ2n) is 3.42. The summed E-state index contributed by atoms with van der Waals surface area (Å²) in [5.41, 5.74) is 2.37. The Balaban J connectivity index is 2.96. The standard InChI is InChI=1S/C13H18N2/c1-4-9-15-13(14-3)12-8-6-7-11(5-2)10-12/h6-8,10H,3-5,9H2,1-2H3. The Morgan fingerprint density at radius 1 is 1.33 bits per heavy atom. The van der Waals surface area contributed by atoms with Crippen molar-refractivity contribution in [1.82, 2.24) is 0 Å². The Kier molecular flexibility index (Phi) is 4.75. The SMILES string of the molecule is C=NC(=NCCC)c1cccc(CC)c1. The molecule has 0 N–H and O–H groups in total. The Morgan fingerprint density at radius 2 is 2.13 bits per heavy atom. The van der Waals surface area contributed by atoms with Crippen LogP contribution in [0, 0.1) is 0 Å². The van der Waals surface area contributed by atoms with Gasteiger partial charge in [0.15, 0.2) is 5.84 Å². The molecule has 0 aromatic heterocycles. The molecule has 0 aliphatic rings. The van der Waals surface area contributed by atoms with Crippen molar-refractivity contribution in [3.63, 3.8) is 0 Å². The van der Waals surface area contributed by atoms with Crippen LogP contribution in [0.5, 0.6) is 0 Å². The third-order valence-electron chi connectivity index (χ3n) is 2.23. The highest BCUT2D eigenvalue weighted by molar-refractivity contribution is 6.01. The minimum absolute atomic E-state index is 0.757. The first kappa shape index (κ1) is 11.6. The first-order valence-corrected chi connectivity index (χ1v) is 5.42. The predicted octanol–water partition coefficient (Wildman–Crippen LogP) is 3.11. The van der Waals surface area contributed by atoms with Crippen LogP contribution < -0.4 is 0 Å². The molecule has 80 valence electrons. The maximum Gasteiger partial charge on any atom is 0.153 e. The average Bonchev–Trinajstić information content (AvgIpc) is 2.30. The molecule has 0 aliphatic heterocycles. The number of aryl methyl sites for hydroxylation is 1. The number of aliphatic imine (C=N–C) groups is 2. The molecule has 0 amide bonds. The van der Waals surface area contributed by atoms with Crippen LogP contribution in [0.1, 0.15) is 31.4 Å². The molecule has 0 spiro atoms. The molecule has 0 bridgehead atoms. The monoisotopic (exact) mass is 202 g/mol. The lowest BCUT2D eigenvalue weighted by Crippen LogP contribution is -1.99. The quantitative estimate of drug-likeness (QED) is 0.529. The Morgan fingerprint density at radius 3 is 2.73 bits per heavy atom. The average molecular weight is 202 g/mol. The van der Waals surface area contributed by atoms with Crippen molar-refractivity contribution in [1.29, 1.82) is 0 Å². The van der Waals surface area contributed by atoms with Crippen LogP contribution in [0.3, 0.4) is 0 Å². The fourth-order valence-corrected chi connectivity index (χ4v) is 1.38. The van der Waals surface area contributed by atoms with Gasteiger partial charge in [-0.3, -0.25) is 4.99 Å². The van der Waals surface area contributed by atoms with Crippen LogP contribution in [-0.4, -0.2) is 19.1 Å². The highest BCUT2D eigenvalue weighted by atomic mass is 14.9. The summed E-state index contributed by atoms with van der Waals surface area (Å²) < 4.78 is 0. The van der Waals surface area contributed by atoms with Crippen LogP contribution in [0.4, 0.5) is 0 Å². The number of hydrogen-bond donors (Lipinski definition) is 0. The molecule has 1 aromatic rings. The van der Waals surface area contributed by atoms with E-state index in [2.05, 4.69) is 42.7 Å². The van der Waals surface area contributed by atoms with Gasteiger partial charge in [-0.1, -0.05) is 32.0 Å². The Labute approximate surface area is 91.8 Å². The van der Waals surface area contributed by atoms with Gasteiger partial charge in [-0.05, 0) is 31.2 Å². The fraction of sp³-hybridized carbons (Fsp3) is 0.385. The van der Waals surface area contributed by atoms with E-state index >= 15 is 0 Å². The molecule has 0 saturated carbocycles. The molecule has 0 aliphatic carbocycles. The van der Waals surface area contributed by atoms with E-state index in [1.165, 1.54) is 5.56 Å². The highest BCUT2D eigenvalue weighted by Crippen LogP contribution is 2.08. The van der Waals surface area contributed by atoms with Gasteiger partial charge in [-0.15, -0.1) is 0 Å². The minimum Gasteiger partial charge on any atom is -0.266 e. The second-order valence-corrected chi connectivity index (χ2v) is 3.42. The van der Waals surface area contributed by atoms with Gasteiger partial charge in [0.2, 0.25) is 0 Å². The number of rotatable bonds is 4. The summed E-state index contributed by atoms with van der Waals surface area (Å²) >= 11 is 0. The first-order valence-electron chi connectivity index (χ1n) is 5.42. The smallest absolute Gasteiger partial charge is 0.153 e. The molecule has 1 rings (SSSR count). The lowest BCUT2D eigenvalue weighted by atomic mass is 10.1. The van der Waals surface area contributed by atoms with E-state index in [4.69, 9.17) is 0 Å². The van der Waals surface area contributed by atoms with Gasteiger partial charge in [0.25, 0.3) is 0 Å². The largest absolute Gasteiger partial charge is 0.266 e. The lowest BCUT2D eigenvalue weighted by molar-refractivity contribution is 0.930. The zero-order valence-corrected chi connectivity index (χ0v) is 9.53. The van der Waals surface area contributed by atoms with E-state index in [-0.39, 0.29) is 0 Å². The number of amidine groups is 1. The first-order chi connectivity index (χ1) is 7.31. The third kappa shape index (κ3) is 3.31. The molecule has 0 saturated heterocycles. The summed E-state index contributed by atoms with van der Waals surface area (Å²) in [6.45, 7) is 8.62.